The molecule has 2 aromatic rings. The van der Waals surface area contributed by atoms with Gasteiger partial charge in [0, 0.05) is 25.1 Å². The molecule has 2 aliphatic rings. The first-order valence-corrected chi connectivity index (χ1v) is 13.2. The molecule has 2 fully saturated rings. The smallest absolute Gasteiger partial charge is 0.329 e. The van der Waals surface area contributed by atoms with E-state index in [1.807, 2.05) is 0 Å². The first-order valence-electron chi connectivity index (χ1n) is 11.6. The van der Waals surface area contributed by atoms with Gasteiger partial charge in [-0.05, 0) is 36.6 Å². The molecule has 0 saturated carbocycles. The number of likely N-dealkylation sites (tertiary alicyclic amines) is 1. The highest BCUT2D eigenvalue weighted by atomic mass is 32.2. The summed E-state index contributed by atoms with van der Waals surface area (Å²) in [6.45, 7) is 2.23. The molecule has 4 rings (SSSR count). The van der Waals surface area contributed by atoms with E-state index in [2.05, 4.69) is 5.32 Å². The normalized spacial score (nSPS) is 24.7. The largest absolute Gasteiger partial charge is 0.480 e. The van der Waals surface area contributed by atoms with Crippen molar-refractivity contribution < 1.29 is 36.6 Å². The van der Waals surface area contributed by atoms with Gasteiger partial charge in [-0.15, -0.1) is 0 Å². The Morgan fingerprint density at radius 2 is 1.83 bits per heavy atom. The fraction of sp³-hybridized carbons (Fsp3) is 0.440. The lowest BCUT2D eigenvalue weighted by Gasteiger charge is -2.49. The second-order valence-corrected chi connectivity index (χ2v) is 11.8. The maximum atomic E-state index is 15.3. The van der Waals surface area contributed by atoms with Gasteiger partial charge in [-0.3, -0.25) is 4.79 Å². The molecule has 0 aromatic heterocycles. The summed E-state index contributed by atoms with van der Waals surface area (Å²) in [6, 6.07) is 10.1. The highest BCUT2D eigenvalue weighted by Gasteiger charge is 2.49. The second kappa shape index (κ2) is 9.87. The molecular weight excluding hydrogens is 494 g/mol. The van der Waals surface area contributed by atoms with Crippen LogP contribution in [-0.2, 0) is 36.2 Å². The van der Waals surface area contributed by atoms with E-state index in [0.29, 0.717) is 5.56 Å². The molecule has 2 heterocycles. The van der Waals surface area contributed by atoms with Crippen molar-refractivity contribution in [1.82, 2.24) is 10.2 Å². The Kier molecular flexibility index (Phi) is 7.18. The van der Waals surface area contributed by atoms with Gasteiger partial charge in [0.25, 0.3) is 0 Å². The van der Waals surface area contributed by atoms with Gasteiger partial charge in [-0.25, -0.2) is 22.0 Å². The van der Waals surface area contributed by atoms with E-state index in [4.69, 9.17) is 9.84 Å². The highest BCUT2D eigenvalue weighted by molar-refractivity contribution is 7.92. The van der Waals surface area contributed by atoms with Crippen LogP contribution in [0.2, 0.25) is 0 Å². The molecule has 2 N–H and O–H groups in total. The first kappa shape index (κ1) is 26.2. The van der Waals surface area contributed by atoms with Gasteiger partial charge < -0.3 is 20.1 Å². The van der Waals surface area contributed by atoms with Crippen LogP contribution in [0.3, 0.4) is 0 Å². The summed E-state index contributed by atoms with van der Waals surface area (Å²) in [7, 11) is -3.75. The Morgan fingerprint density at radius 3 is 2.44 bits per heavy atom. The number of hydrogen-bond donors (Lipinski definition) is 2. The number of carboxylic acids is 1. The molecular formula is C25H28F2N2O6S. The molecule has 0 bridgehead atoms. The van der Waals surface area contributed by atoms with Gasteiger partial charge in [-0.1, -0.05) is 30.3 Å². The number of nitrogens with zero attached hydrogens (tertiary/aromatic N) is 1. The Hall–Kier alpha value is -2.89. The van der Waals surface area contributed by atoms with Gasteiger partial charge in [0.1, 0.15) is 23.8 Å². The first-order chi connectivity index (χ1) is 16.9. The third-order valence-electron chi connectivity index (χ3n) is 7.03. The molecule has 3 atom stereocenters. The predicted octanol–water partition coefficient (Wildman–Crippen LogP) is 2.18. The molecule has 2 aromatic carbocycles. The topological polar surface area (TPSA) is 113 Å². The minimum absolute atomic E-state index is 0.108. The van der Waals surface area contributed by atoms with Crippen molar-refractivity contribution in [3.05, 3.63) is 70.8 Å². The van der Waals surface area contributed by atoms with Crippen molar-refractivity contribution in [3.8, 4) is 0 Å². The molecule has 36 heavy (non-hydrogen) atoms. The number of nitrogens with one attached hydrogen (secondary N) is 1. The fourth-order valence-electron chi connectivity index (χ4n) is 4.95. The summed E-state index contributed by atoms with van der Waals surface area (Å²) >= 11 is 0. The van der Waals surface area contributed by atoms with Crippen LogP contribution in [0.15, 0.2) is 42.5 Å². The zero-order chi connectivity index (χ0) is 26.3. The minimum Gasteiger partial charge on any atom is -0.480 e. The fourth-order valence-corrected chi connectivity index (χ4v) is 7.31. The molecule has 0 radical (unpaired) electrons. The molecule has 194 valence electrons. The SMILES string of the molecule is CC(=O)N1CC(OCC(=O)O)(c2cc(F)c(CC3[C@H](C)NC[C@@H](c4ccccc4)S3(=O)=O)cc2F)C1. The maximum absolute atomic E-state index is 15.3. The Bertz CT molecular complexity index is 1260. The van der Waals surface area contributed by atoms with Gasteiger partial charge in [0.15, 0.2) is 9.84 Å². The van der Waals surface area contributed by atoms with Crippen LogP contribution in [0, 0.1) is 11.6 Å². The van der Waals surface area contributed by atoms with Crippen LogP contribution < -0.4 is 5.32 Å². The number of rotatable bonds is 7. The van der Waals surface area contributed by atoms with Crippen LogP contribution >= 0.6 is 0 Å². The molecule has 1 unspecified atom stereocenters. The van der Waals surface area contributed by atoms with E-state index in [1.165, 1.54) is 11.8 Å². The van der Waals surface area contributed by atoms with Crippen molar-refractivity contribution in [2.75, 3.05) is 26.2 Å². The highest BCUT2D eigenvalue weighted by Crippen LogP contribution is 2.39. The lowest BCUT2D eigenvalue weighted by Crippen LogP contribution is -2.62. The summed E-state index contributed by atoms with van der Waals surface area (Å²) in [5.41, 5.74) is -1.19. The van der Waals surface area contributed by atoms with E-state index in [-0.39, 0.29) is 43.1 Å². The Balaban J connectivity index is 1.63. The van der Waals surface area contributed by atoms with Crippen molar-refractivity contribution >= 4 is 21.7 Å². The van der Waals surface area contributed by atoms with E-state index in [9.17, 15) is 18.0 Å². The van der Waals surface area contributed by atoms with Crippen LogP contribution in [0.1, 0.15) is 35.8 Å². The van der Waals surface area contributed by atoms with E-state index in [1.54, 1.807) is 37.3 Å². The molecule has 2 aliphatic heterocycles. The third kappa shape index (κ3) is 4.87. The van der Waals surface area contributed by atoms with Crippen LogP contribution in [0.5, 0.6) is 0 Å². The Labute approximate surface area is 208 Å². The molecule has 0 spiro atoms. The lowest BCUT2D eigenvalue weighted by molar-refractivity contribution is -0.180. The molecule has 1 amide bonds. The quantitative estimate of drug-likeness (QED) is 0.573. The van der Waals surface area contributed by atoms with Crippen molar-refractivity contribution in [1.29, 1.82) is 0 Å². The number of halogens is 2. The second-order valence-electron chi connectivity index (χ2n) is 9.40. The molecule has 2 saturated heterocycles. The van der Waals surface area contributed by atoms with Gasteiger partial charge >= 0.3 is 5.97 Å². The summed E-state index contributed by atoms with van der Waals surface area (Å²) in [5.74, 6) is -3.27. The standard InChI is InChI=1S/C25H28F2N2O6S/c1-15-22(36(33,34)23(11-28-15)17-6-4-3-5-7-17)9-18-8-21(27)19(10-20(18)26)25(35-12-24(31)32)13-29(14-25)16(2)30/h3-8,10,15,22-23,28H,9,11-14H2,1-2H3,(H,31,32)/t15-,22?,23-/m0/s1. The number of carboxylic acid groups (broad SMARTS) is 1. The molecule has 11 heteroatoms. The van der Waals surface area contributed by atoms with E-state index < -0.39 is 56.2 Å². The maximum Gasteiger partial charge on any atom is 0.329 e. The van der Waals surface area contributed by atoms with Crippen LogP contribution in [0.4, 0.5) is 8.78 Å². The zero-order valence-corrected chi connectivity index (χ0v) is 20.7. The Morgan fingerprint density at radius 1 is 1.17 bits per heavy atom. The number of carbonyl (C=O) groups excluding carboxylic acids is 1. The van der Waals surface area contributed by atoms with Crippen LogP contribution in [0.25, 0.3) is 0 Å². The zero-order valence-electron chi connectivity index (χ0n) is 19.9. The number of aliphatic carboxylic acids is 1. The summed E-state index contributed by atoms with van der Waals surface area (Å²) < 4.78 is 63.0. The van der Waals surface area contributed by atoms with Crippen molar-refractivity contribution in [2.45, 2.75) is 42.4 Å². The van der Waals surface area contributed by atoms with Crippen LogP contribution in [-0.4, -0.2) is 67.8 Å². The van der Waals surface area contributed by atoms with Gasteiger partial charge in [0.2, 0.25) is 5.91 Å². The predicted molar refractivity (Wildman–Crippen MR) is 127 cm³/mol. The summed E-state index contributed by atoms with van der Waals surface area (Å²) in [5, 5.41) is 10.4. The minimum atomic E-state index is -3.75. The molecule has 8 nitrogen and oxygen atoms in total. The summed E-state index contributed by atoms with van der Waals surface area (Å²) in [6.07, 6.45) is -0.245. The third-order valence-corrected chi connectivity index (χ3v) is 9.68. The molecule has 0 aliphatic carbocycles. The number of ether oxygens (including phenoxy) is 1. The average Bonchev–Trinajstić information content (AvgIpc) is 2.78. The number of benzene rings is 2. The number of sulfone groups is 1. The number of hydrogen-bond acceptors (Lipinski definition) is 6. The van der Waals surface area contributed by atoms with Gasteiger partial charge in [0.05, 0.1) is 23.6 Å². The van der Waals surface area contributed by atoms with Crippen molar-refractivity contribution in [2.24, 2.45) is 0 Å². The average molecular weight is 523 g/mol. The van der Waals surface area contributed by atoms with E-state index >= 15 is 8.78 Å². The number of amides is 1. The van der Waals surface area contributed by atoms with E-state index in [0.717, 1.165) is 12.1 Å². The summed E-state index contributed by atoms with van der Waals surface area (Å²) in [4.78, 5) is 24.0. The number of carbonyl (C=O) groups is 2. The van der Waals surface area contributed by atoms with Crippen molar-refractivity contribution in [3.63, 3.8) is 0 Å². The van der Waals surface area contributed by atoms with Gasteiger partial charge in [-0.2, -0.15) is 0 Å². The lowest BCUT2D eigenvalue weighted by atomic mass is 9.84. The monoisotopic (exact) mass is 522 g/mol.